The number of hydrogen-bond acceptors (Lipinski definition) is 5. The van der Waals surface area contributed by atoms with Crippen molar-refractivity contribution in [3.8, 4) is 0 Å². The van der Waals surface area contributed by atoms with E-state index in [4.69, 9.17) is 0 Å². The minimum Gasteiger partial charge on any atom is -0.478 e. The lowest BCUT2D eigenvalue weighted by atomic mass is 10.0. The van der Waals surface area contributed by atoms with Crippen molar-refractivity contribution in [2.75, 3.05) is 19.8 Å². The number of carbonyl (C=O) groups is 1. The number of nitrogens with zero attached hydrogens (tertiary/aromatic N) is 2. The fourth-order valence-electron chi connectivity index (χ4n) is 2.36. The second-order valence-electron chi connectivity index (χ2n) is 4.67. The molecule has 4 N–H and O–H groups in total. The van der Waals surface area contributed by atoms with Gasteiger partial charge in [-0.05, 0) is 19.1 Å². The number of aromatic nitrogens is 2. The average Bonchev–Trinajstić information content (AvgIpc) is 2.78. The standard InChI is InChI=1S/C13H16N2O5/c1-8-14-10-4-2-3-9(12(19)20)11(10)15(8)13(5-16,6-17)7-18/h2-4,16-18H,5-7H2,1H3,(H,19,20). The number of carboxylic acid groups (broad SMARTS) is 1. The van der Waals surface area contributed by atoms with Crippen LogP contribution < -0.4 is 0 Å². The maximum atomic E-state index is 11.3. The smallest absolute Gasteiger partial charge is 0.337 e. The highest BCUT2D eigenvalue weighted by atomic mass is 16.4. The van der Waals surface area contributed by atoms with E-state index in [2.05, 4.69) is 4.98 Å². The van der Waals surface area contributed by atoms with Gasteiger partial charge >= 0.3 is 5.97 Å². The minimum absolute atomic E-state index is 0.00262. The second kappa shape index (κ2) is 5.20. The lowest BCUT2D eigenvalue weighted by Gasteiger charge is -2.31. The predicted octanol–water partition coefficient (Wildman–Crippen LogP) is -0.285. The molecule has 20 heavy (non-hydrogen) atoms. The molecular weight excluding hydrogens is 264 g/mol. The van der Waals surface area contributed by atoms with Gasteiger partial charge in [-0.1, -0.05) is 6.07 Å². The molecule has 0 radical (unpaired) electrons. The number of rotatable bonds is 5. The van der Waals surface area contributed by atoms with Crippen molar-refractivity contribution in [1.82, 2.24) is 9.55 Å². The summed E-state index contributed by atoms with van der Waals surface area (Å²) in [7, 11) is 0. The molecule has 7 nitrogen and oxygen atoms in total. The van der Waals surface area contributed by atoms with E-state index < -0.39 is 31.3 Å². The first kappa shape index (κ1) is 14.4. The summed E-state index contributed by atoms with van der Waals surface area (Å²) in [5.41, 5.74) is -0.690. The molecule has 1 aromatic carbocycles. The molecule has 2 rings (SSSR count). The van der Waals surface area contributed by atoms with Crippen molar-refractivity contribution in [3.05, 3.63) is 29.6 Å². The lowest BCUT2D eigenvalue weighted by Crippen LogP contribution is -2.45. The van der Waals surface area contributed by atoms with Gasteiger partial charge < -0.3 is 25.0 Å². The molecule has 7 heteroatoms. The van der Waals surface area contributed by atoms with E-state index in [0.717, 1.165) is 0 Å². The van der Waals surface area contributed by atoms with Gasteiger partial charge in [-0.25, -0.2) is 9.78 Å². The molecule has 0 aliphatic heterocycles. The first-order valence-corrected chi connectivity index (χ1v) is 6.05. The van der Waals surface area contributed by atoms with Crippen LogP contribution in [0.2, 0.25) is 0 Å². The first-order valence-electron chi connectivity index (χ1n) is 6.05. The van der Waals surface area contributed by atoms with Crippen molar-refractivity contribution >= 4 is 17.0 Å². The molecular formula is C13H16N2O5. The van der Waals surface area contributed by atoms with Crippen LogP contribution >= 0.6 is 0 Å². The molecule has 0 spiro atoms. The first-order chi connectivity index (χ1) is 9.50. The summed E-state index contributed by atoms with van der Waals surface area (Å²) >= 11 is 0. The van der Waals surface area contributed by atoms with Crippen LogP contribution in [-0.2, 0) is 5.54 Å². The number of aromatic carboxylic acids is 1. The summed E-state index contributed by atoms with van der Waals surface area (Å²) in [6, 6.07) is 4.63. The van der Waals surface area contributed by atoms with Gasteiger partial charge in [0.15, 0.2) is 0 Å². The van der Waals surface area contributed by atoms with Gasteiger partial charge in [0.05, 0.1) is 36.4 Å². The average molecular weight is 280 g/mol. The summed E-state index contributed by atoms with van der Waals surface area (Å²) in [6.07, 6.45) is 0. The fraction of sp³-hybridized carbons (Fsp3) is 0.385. The summed E-state index contributed by atoms with van der Waals surface area (Å²) in [5, 5.41) is 37.9. The molecule has 1 heterocycles. The van der Waals surface area contributed by atoms with E-state index in [0.29, 0.717) is 11.3 Å². The molecule has 0 aliphatic carbocycles. The maximum Gasteiger partial charge on any atom is 0.337 e. The van der Waals surface area contributed by atoms with Crippen molar-refractivity contribution in [3.63, 3.8) is 0 Å². The molecule has 0 amide bonds. The molecule has 0 unspecified atom stereocenters. The van der Waals surface area contributed by atoms with Gasteiger partial charge in [-0.2, -0.15) is 0 Å². The molecule has 0 saturated carbocycles. The fourth-order valence-corrected chi connectivity index (χ4v) is 2.36. The number of para-hydroxylation sites is 1. The minimum atomic E-state index is -1.40. The predicted molar refractivity (Wildman–Crippen MR) is 70.7 cm³/mol. The van der Waals surface area contributed by atoms with Gasteiger partial charge in [-0.15, -0.1) is 0 Å². The Labute approximate surface area is 114 Å². The Bertz CT molecular complexity index is 637. The Morgan fingerprint density at radius 2 is 1.85 bits per heavy atom. The monoisotopic (exact) mass is 280 g/mol. The summed E-state index contributed by atoms with van der Waals surface area (Å²) in [5.74, 6) is -0.731. The van der Waals surface area contributed by atoms with Gasteiger partial charge in [0.25, 0.3) is 0 Å². The van der Waals surface area contributed by atoms with Gasteiger partial charge in [0.1, 0.15) is 11.4 Å². The van der Waals surface area contributed by atoms with Gasteiger partial charge in [0, 0.05) is 0 Å². The number of aliphatic hydroxyl groups excluding tert-OH is 3. The number of carboxylic acids is 1. The second-order valence-corrected chi connectivity index (χ2v) is 4.67. The van der Waals surface area contributed by atoms with Crippen molar-refractivity contribution in [2.45, 2.75) is 12.5 Å². The quantitative estimate of drug-likeness (QED) is 0.598. The topological polar surface area (TPSA) is 116 Å². The molecule has 1 aromatic heterocycles. The number of fused-ring (bicyclic) bond motifs is 1. The Balaban J connectivity index is 2.88. The highest BCUT2D eigenvalue weighted by Gasteiger charge is 2.34. The number of benzene rings is 1. The molecule has 0 fully saturated rings. The third-order valence-electron chi connectivity index (χ3n) is 3.43. The number of imidazole rings is 1. The largest absolute Gasteiger partial charge is 0.478 e. The molecule has 2 aromatic rings. The van der Waals surface area contributed by atoms with Crippen LogP contribution in [0.15, 0.2) is 18.2 Å². The van der Waals surface area contributed by atoms with Crippen LogP contribution in [0.5, 0.6) is 0 Å². The van der Waals surface area contributed by atoms with E-state index in [-0.39, 0.29) is 11.1 Å². The van der Waals surface area contributed by atoms with Crippen LogP contribution in [0.1, 0.15) is 16.2 Å². The number of aliphatic hydroxyl groups is 3. The molecule has 0 atom stereocenters. The van der Waals surface area contributed by atoms with E-state index in [1.165, 1.54) is 10.6 Å². The van der Waals surface area contributed by atoms with Crippen molar-refractivity contribution in [2.24, 2.45) is 0 Å². The zero-order chi connectivity index (χ0) is 14.9. The Hall–Kier alpha value is -1.96. The molecule has 0 bridgehead atoms. The zero-order valence-electron chi connectivity index (χ0n) is 10.9. The van der Waals surface area contributed by atoms with Crippen LogP contribution in [0.4, 0.5) is 0 Å². The van der Waals surface area contributed by atoms with Crippen LogP contribution in [0, 0.1) is 6.92 Å². The summed E-state index contributed by atoms with van der Waals surface area (Å²) in [4.78, 5) is 15.6. The van der Waals surface area contributed by atoms with Gasteiger partial charge in [-0.3, -0.25) is 0 Å². The van der Waals surface area contributed by atoms with Crippen molar-refractivity contribution in [1.29, 1.82) is 0 Å². The van der Waals surface area contributed by atoms with E-state index in [1.54, 1.807) is 19.1 Å². The Morgan fingerprint density at radius 1 is 1.25 bits per heavy atom. The maximum absolute atomic E-state index is 11.3. The van der Waals surface area contributed by atoms with Crippen LogP contribution in [0.25, 0.3) is 11.0 Å². The summed E-state index contributed by atoms with van der Waals surface area (Å²) < 4.78 is 1.39. The van der Waals surface area contributed by atoms with Gasteiger partial charge in [0.2, 0.25) is 0 Å². The van der Waals surface area contributed by atoms with Crippen LogP contribution in [0.3, 0.4) is 0 Å². The Morgan fingerprint density at radius 3 is 2.35 bits per heavy atom. The van der Waals surface area contributed by atoms with Crippen molar-refractivity contribution < 1.29 is 25.2 Å². The van der Waals surface area contributed by atoms with E-state index in [9.17, 15) is 25.2 Å². The Kier molecular flexibility index (Phi) is 3.76. The molecule has 0 aliphatic rings. The normalized spacial score (nSPS) is 12.0. The lowest BCUT2D eigenvalue weighted by molar-refractivity contribution is 0.0164. The zero-order valence-corrected chi connectivity index (χ0v) is 10.9. The van der Waals surface area contributed by atoms with E-state index in [1.807, 2.05) is 0 Å². The summed E-state index contributed by atoms with van der Waals surface area (Å²) in [6.45, 7) is 0.00210. The highest BCUT2D eigenvalue weighted by Crippen LogP contribution is 2.28. The molecule has 108 valence electrons. The third kappa shape index (κ3) is 1.96. The van der Waals surface area contributed by atoms with E-state index >= 15 is 0 Å². The number of aryl methyl sites for hydroxylation is 1. The molecule has 0 saturated heterocycles. The SMILES string of the molecule is Cc1nc2cccc(C(=O)O)c2n1C(CO)(CO)CO. The van der Waals surface area contributed by atoms with Crippen LogP contribution in [-0.4, -0.2) is 55.8 Å². The number of hydrogen-bond donors (Lipinski definition) is 4. The highest BCUT2D eigenvalue weighted by molar-refractivity contribution is 6.01. The third-order valence-corrected chi connectivity index (χ3v) is 3.43.